The lowest BCUT2D eigenvalue weighted by atomic mass is 9.98. The van der Waals surface area contributed by atoms with Crippen LogP contribution in [0.3, 0.4) is 0 Å². The molecule has 0 saturated carbocycles. The molecule has 2 aliphatic rings. The van der Waals surface area contributed by atoms with Crippen molar-refractivity contribution < 1.29 is 23.0 Å². The van der Waals surface area contributed by atoms with E-state index in [1.807, 2.05) is 26.0 Å². The van der Waals surface area contributed by atoms with Crippen LogP contribution < -0.4 is 20.2 Å². The summed E-state index contributed by atoms with van der Waals surface area (Å²) in [6.07, 6.45) is 0. The Morgan fingerprint density at radius 1 is 1.03 bits per heavy atom. The Morgan fingerprint density at radius 2 is 1.69 bits per heavy atom. The summed E-state index contributed by atoms with van der Waals surface area (Å²) in [7, 11) is 0. The zero-order valence-corrected chi connectivity index (χ0v) is 19.7. The number of fused-ring (bicyclic) bond motifs is 1. The summed E-state index contributed by atoms with van der Waals surface area (Å²) in [6, 6.07) is 14.8. The summed E-state index contributed by atoms with van der Waals surface area (Å²) in [6.45, 7) is 3.82. The van der Waals surface area contributed by atoms with Crippen molar-refractivity contribution in [2.45, 2.75) is 25.5 Å². The van der Waals surface area contributed by atoms with Crippen molar-refractivity contribution in [1.29, 1.82) is 0 Å². The summed E-state index contributed by atoms with van der Waals surface area (Å²) in [5.41, 5.74) is 7.23. The van der Waals surface area contributed by atoms with Gasteiger partial charge >= 0.3 is 6.03 Å². The SMILES string of the molecule is CC1(C)Oc2cc(C3=C(c4ccc(F)cc4)NN(C(=O)Nc4ccc(F)cc4)C3)cc(CCl)c2O1. The van der Waals surface area contributed by atoms with Gasteiger partial charge in [0.1, 0.15) is 11.6 Å². The van der Waals surface area contributed by atoms with Crippen LogP contribution >= 0.6 is 11.6 Å². The van der Waals surface area contributed by atoms with Crippen LogP contribution in [-0.2, 0) is 5.88 Å². The van der Waals surface area contributed by atoms with Crippen molar-refractivity contribution in [3.8, 4) is 11.5 Å². The Hall–Kier alpha value is -3.78. The van der Waals surface area contributed by atoms with Gasteiger partial charge in [-0.3, -0.25) is 5.43 Å². The predicted octanol–water partition coefficient (Wildman–Crippen LogP) is 6.13. The van der Waals surface area contributed by atoms with Gasteiger partial charge in [0.05, 0.1) is 18.1 Å². The van der Waals surface area contributed by atoms with Gasteiger partial charge in [0.15, 0.2) is 11.5 Å². The highest BCUT2D eigenvalue weighted by atomic mass is 35.5. The Kier molecular flexibility index (Phi) is 5.76. The third-order valence-corrected chi connectivity index (χ3v) is 5.95. The zero-order chi connectivity index (χ0) is 24.7. The molecular weight excluding hydrogens is 476 g/mol. The number of urea groups is 1. The van der Waals surface area contributed by atoms with Crippen molar-refractivity contribution in [1.82, 2.24) is 10.4 Å². The summed E-state index contributed by atoms with van der Waals surface area (Å²) < 4.78 is 38.7. The molecule has 2 amide bonds. The third-order valence-electron chi connectivity index (χ3n) is 5.67. The molecule has 5 rings (SSSR count). The average Bonchev–Trinajstić information content (AvgIpc) is 3.40. The molecule has 0 spiro atoms. The topological polar surface area (TPSA) is 62.8 Å². The maximum Gasteiger partial charge on any atom is 0.340 e. The number of alkyl halides is 1. The number of hydrazine groups is 1. The zero-order valence-electron chi connectivity index (χ0n) is 19.0. The number of carbonyl (C=O) groups is 1. The van der Waals surface area contributed by atoms with E-state index in [4.69, 9.17) is 21.1 Å². The smallest absolute Gasteiger partial charge is 0.340 e. The molecule has 0 fully saturated rings. The second kappa shape index (κ2) is 8.78. The molecule has 180 valence electrons. The minimum Gasteiger partial charge on any atom is -0.449 e. The van der Waals surface area contributed by atoms with Crippen LogP contribution in [0.5, 0.6) is 11.5 Å². The van der Waals surface area contributed by atoms with Gasteiger partial charge in [0.25, 0.3) is 0 Å². The van der Waals surface area contributed by atoms with Gasteiger partial charge in [-0.15, -0.1) is 11.6 Å². The molecule has 0 radical (unpaired) electrons. The van der Waals surface area contributed by atoms with Crippen LogP contribution in [0.25, 0.3) is 11.3 Å². The molecule has 0 aliphatic carbocycles. The van der Waals surface area contributed by atoms with Gasteiger partial charge in [0, 0.05) is 30.7 Å². The molecule has 0 aromatic heterocycles. The number of carbonyl (C=O) groups excluding carboxylic acids is 1. The molecule has 6 nitrogen and oxygen atoms in total. The van der Waals surface area contributed by atoms with Gasteiger partial charge in [0.2, 0.25) is 5.79 Å². The molecule has 35 heavy (non-hydrogen) atoms. The number of nitrogens with one attached hydrogen (secondary N) is 2. The number of nitrogens with zero attached hydrogens (tertiary/aromatic N) is 1. The molecule has 3 aromatic rings. The molecule has 0 unspecified atom stereocenters. The van der Waals surface area contributed by atoms with Crippen molar-refractivity contribution in [2.24, 2.45) is 0 Å². The van der Waals surface area contributed by atoms with Gasteiger partial charge in [-0.05, 0) is 71.8 Å². The fourth-order valence-corrected chi connectivity index (χ4v) is 4.27. The molecule has 2 aliphatic heterocycles. The number of halogens is 3. The highest BCUT2D eigenvalue weighted by molar-refractivity contribution is 6.17. The first kappa shape index (κ1) is 23.0. The Labute approximate surface area is 206 Å². The minimum absolute atomic E-state index is 0.199. The van der Waals surface area contributed by atoms with E-state index in [-0.39, 0.29) is 18.2 Å². The molecule has 2 N–H and O–H groups in total. The molecule has 0 atom stereocenters. The number of anilines is 1. The van der Waals surface area contributed by atoms with Crippen molar-refractivity contribution >= 4 is 34.6 Å². The van der Waals surface area contributed by atoms with E-state index in [0.29, 0.717) is 28.4 Å². The number of hydrogen-bond donors (Lipinski definition) is 2. The summed E-state index contributed by atoms with van der Waals surface area (Å²) in [5.74, 6) is -0.236. The molecule has 3 aromatic carbocycles. The second-order valence-corrected chi connectivity index (χ2v) is 8.96. The fourth-order valence-electron chi connectivity index (χ4n) is 4.07. The third kappa shape index (κ3) is 4.61. The van der Waals surface area contributed by atoms with E-state index in [1.54, 1.807) is 12.1 Å². The maximum atomic E-state index is 13.6. The maximum absolute atomic E-state index is 13.6. The molecular formula is C26H22ClF2N3O3. The Balaban J connectivity index is 1.51. The van der Waals surface area contributed by atoms with Crippen LogP contribution in [0, 0.1) is 11.6 Å². The van der Waals surface area contributed by atoms with E-state index >= 15 is 0 Å². The first-order chi connectivity index (χ1) is 16.7. The van der Waals surface area contributed by atoms with Crippen LogP contribution in [-0.4, -0.2) is 23.4 Å². The van der Waals surface area contributed by atoms with Crippen LogP contribution in [0.2, 0.25) is 0 Å². The first-order valence-corrected chi connectivity index (χ1v) is 11.5. The van der Waals surface area contributed by atoms with E-state index in [9.17, 15) is 13.6 Å². The monoisotopic (exact) mass is 497 g/mol. The summed E-state index contributed by atoms with van der Waals surface area (Å²) >= 11 is 6.22. The average molecular weight is 498 g/mol. The lowest BCUT2D eigenvalue weighted by molar-refractivity contribution is -0.0434. The van der Waals surface area contributed by atoms with Crippen molar-refractivity contribution in [2.75, 3.05) is 11.9 Å². The standard InChI is InChI=1S/C26H22ClF2N3O3/c1-26(2)34-22-12-16(11-17(13-27)24(22)35-26)21-14-32(25(33)30-20-9-7-19(29)8-10-20)31-23(21)15-3-5-18(28)6-4-15/h3-12,31H,13-14H2,1-2H3,(H,30,33). The quantitative estimate of drug-likeness (QED) is 0.425. The van der Waals surface area contributed by atoms with Gasteiger partial charge in [-0.1, -0.05) is 0 Å². The molecule has 0 bridgehead atoms. The largest absolute Gasteiger partial charge is 0.449 e. The molecule has 2 heterocycles. The number of rotatable bonds is 4. The second-order valence-electron chi connectivity index (χ2n) is 8.70. The predicted molar refractivity (Wildman–Crippen MR) is 130 cm³/mol. The van der Waals surface area contributed by atoms with Crippen molar-refractivity contribution in [3.63, 3.8) is 0 Å². The van der Waals surface area contributed by atoms with E-state index < -0.39 is 17.6 Å². The van der Waals surface area contributed by atoms with E-state index in [1.165, 1.54) is 41.4 Å². The highest BCUT2D eigenvalue weighted by Crippen LogP contribution is 2.45. The fraction of sp³-hybridized carbons (Fsp3) is 0.192. The lowest BCUT2D eigenvalue weighted by Crippen LogP contribution is -2.40. The van der Waals surface area contributed by atoms with Gasteiger partial charge in [-0.2, -0.15) is 0 Å². The van der Waals surface area contributed by atoms with Gasteiger partial charge < -0.3 is 14.8 Å². The van der Waals surface area contributed by atoms with Crippen LogP contribution in [0.1, 0.15) is 30.5 Å². The number of ether oxygens (including phenoxy) is 2. The van der Waals surface area contributed by atoms with Crippen molar-refractivity contribution in [3.05, 3.63) is 89.0 Å². The first-order valence-electron chi connectivity index (χ1n) is 10.9. The summed E-state index contributed by atoms with van der Waals surface area (Å²) in [4.78, 5) is 13.0. The van der Waals surface area contributed by atoms with Crippen LogP contribution in [0.4, 0.5) is 19.3 Å². The number of benzene rings is 3. The molecule has 9 heteroatoms. The number of amides is 2. The van der Waals surface area contributed by atoms with Crippen LogP contribution in [0.15, 0.2) is 60.7 Å². The van der Waals surface area contributed by atoms with Gasteiger partial charge in [-0.25, -0.2) is 18.6 Å². The Bertz CT molecular complexity index is 1320. The summed E-state index contributed by atoms with van der Waals surface area (Å²) in [5, 5.41) is 4.14. The normalized spacial score (nSPS) is 15.9. The Morgan fingerprint density at radius 3 is 2.34 bits per heavy atom. The molecule has 0 saturated heterocycles. The van der Waals surface area contributed by atoms with E-state index in [0.717, 1.165) is 16.7 Å². The van der Waals surface area contributed by atoms with E-state index in [2.05, 4.69) is 10.7 Å². The highest BCUT2D eigenvalue weighted by Gasteiger charge is 2.35. The minimum atomic E-state index is -0.828. The lowest BCUT2D eigenvalue weighted by Gasteiger charge is -2.19. The number of hydrogen-bond acceptors (Lipinski definition) is 4.